The van der Waals surface area contributed by atoms with Gasteiger partial charge in [0.2, 0.25) is 0 Å². The molecule has 2 aliphatic rings. The molecule has 2 heterocycles. The Kier molecular flexibility index (Phi) is 4.18. The zero-order chi connectivity index (χ0) is 13.1. The molecule has 19 heavy (non-hydrogen) atoms. The Hall–Kier alpha value is -0.870. The molecule has 1 saturated carbocycles. The van der Waals surface area contributed by atoms with Crippen molar-refractivity contribution in [1.29, 1.82) is 0 Å². The summed E-state index contributed by atoms with van der Waals surface area (Å²) in [5.41, 5.74) is 2.53. The van der Waals surface area contributed by atoms with Gasteiger partial charge < -0.3 is 15.2 Å². The molecule has 0 bridgehead atoms. The zero-order valence-corrected chi connectivity index (χ0v) is 12.0. The summed E-state index contributed by atoms with van der Waals surface area (Å²) < 4.78 is 0. The quantitative estimate of drug-likeness (QED) is 0.871. The molecule has 1 aliphatic heterocycles. The van der Waals surface area contributed by atoms with Crippen LogP contribution in [0.2, 0.25) is 0 Å². The van der Waals surface area contributed by atoms with E-state index in [4.69, 9.17) is 0 Å². The molecule has 1 unspecified atom stereocenters. The van der Waals surface area contributed by atoms with E-state index in [1.54, 1.807) is 0 Å². The summed E-state index contributed by atoms with van der Waals surface area (Å²) in [5, 5.41) is 3.62. The van der Waals surface area contributed by atoms with Gasteiger partial charge in [0.15, 0.2) is 0 Å². The molecule has 106 valence electrons. The summed E-state index contributed by atoms with van der Waals surface area (Å²) in [6, 6.07) is 0.560. The molecule has 4 nitrogen and oxygen atoms in total. The van der Waals surface area contributed by atoms with E-state index in [2.05, 4.69) is 27.2 Å². The van der Waals surface area contributed by atoms with Gasteiger partial charge >= 0.3 is 0 Å². The molecule has 1 fully saturated rings. The van der Waals surface area contributed by atoms with E-state index in [0.717, 1.165) is 25.4 Å². The van der Waals surface area contributed by atoms with Crippen molar-refractivity contribution < 1.29 is 0 Å². The van der Waals surface area contributed by atoms with Crippen molar-refractivity contribution >= 4 is 0 Å². The minimum Gasteiger partial charge on any atom is -0.347 e. The molecular formula is C15H26N4. The molecule has 0 spiro atoms. The molecule has 4 heteroatoms. The number of aromatic nitrogens is 2. The smallest absolute Gasteiger partial charge is 0.0925 e. The van der Waals surface area contributed by atoms with Crippen LogP contribution in [0.1, 0.15) is 43.5 Å². The van der Waals surface area contributed by atoms with E-state index < -0.39 is 0 Å². The van der Waals surface area contributed by atoms with Crippen molar-refractivity contribution in [1.82, 2.24) is 20.2 Å². The second kappa shape index (κ2) is 6.06. The number of fused-ring (bicyclic) bond motifs is 1. The van der Waals surface area contributed by atoms with Crippen molar-refractivity contribution in [3.63, 3.8) is 0 Å². The maximum Gasteiger partial charge on any atom is 0.0925 e. The van der Waals surface area contributed by atoms with E-state index in [0.29, 0.717) is 6.04 Å². The molecule has 1 aliphatic carbocycles. The normalized spacial score (nSPS) is 24.6. The van der Waals surface area contributed by atoms with Crippen LogP contribution in [-0.4, -0.2) is 41.0 Å². The Morgan fingerprint density at radius 1 is 1.26 bits per heavy atom. The highest BCUT2D eigenvalue weighted by Crippen LogP contribution is 2.24. The molecule has 2 N–H and O–H groups in total. The van der Waals surface area contributed by atoms with Crippen LogP contribution in [0, 0.1) is 5.92 Å². The van der Waals surface area contributed by atoms with Gasteiger partial charge in [0.05, 0.1) is 17.7 Å². The second-order valence-corrected chi connectivity index (χ2v) is 6.33. The van der Waals surface area contributed by atoms with Gasteiger partial charge in [-0.25, -0.2) is 4.98 Å². The average Bonchev–Trinajstić information content (AvgIpc) is 2.87. The molecule has 1 aromatic heterocycles. The van der Waals surface area contributed by atoms with Crippen molar-refractivity contribution in [2.45, 2.75) is 51.1 Å². The Labute approximate surface area is 116 Å². The number of hydrogen-bond donors (Lipinski definition) is 2. The van der Waals surface area contributed by atoms with E-state index >= 15 is 0 Å². The van der Waals surface area contributed by atoms with Crippen LogP contribution >= 0.6 is 0 Å². The van der Waals surface area contributed by atoms with Crippen LogP contribution in [-0.2, 0) is 13.0 Å². The molecule has 0 aromatic carbocycles. The Morgan fingerprint density at radius 2 is 2.11 bits per heavy atom. The number of hydrogen-bond acceptors (Lipinski definition) is 3. The third-order valence-corrected chi connectivity index (χ3v) is 4.64. The third kappa shape index (κ3) is 3.37. The number of H-pyrrole nitrogens is 1. The van der Waals surface area contributed by atoms with Crippen molar-refractivity contribution in [2.24, 2.45) is 5.92 Å². The molecule has 0 saturated heterocycles. The van der Waals surface area contributed by atoms with Gasteiger partial charge in [-0.15, -0.1) is 0 Å². The summed E-state index contributed by atoms with van der Waals surface area (Å²) in [6.45, 7) is 3.35. The number of likely N-dealkylation sites (N-methyl/N-ethyl adjacent to an activating group) is 1. The number of imidazole rings is 1. The topological polar surface area (TPSA) is 44.0 Å². The highest BCUT2D eigenvalue weighted by Gasteiger charge is 2.22. The first-order valence-corrected chi connectivity index (χ1v) is 7.74. The van der Waals surface area contributed by atoms with Gasteiger partial charge in [0.1, 0.15) is 0 Å². The Bertz CT molecular complexity index is 395. The van der Waals surface area contributed by atoms with Crippen molar-refractivity contribution in [3.8, 4) is 0 Å². The lowest BCUT2D eigenvalue weighted by Crippen LogP contribution is -2.44. The second-order valence-electron chi connectivity index (χ2n) is 6.33. The van der Waals surface area contributed by atoms with Gasteiger partial charge in [0.25, 0.3) is 0 Å². The minimum atomic E-state index is 0.560. The van der Waals surface area contributed by atoms with Crippen LogP contribution in [0.15, 0.2) is 6.33 Å². The molecule has 1 atom stereocenters. The maximum atomic E-state index is 4.42. The van der Waals surface area contributed by atoms with E-state index in [1.165, 1.54) is 50.0 Å². The monoisotopic (exact) mass is 262 g/mol. The van der Waals surface area contributed by atoms with E-state index in [-0.39, 0.29) is 0 Å². The highest BCUT2D eigenvalue weighted by atomic mass is 15.1. The van der Waals surface area contributed by atoms with Crippen LogP contribution in [0.5, 0.6) is 0 Å². The third-order valence-electron chi connectivity index (χ3n) is 4.64. The number of nitrogens with zero attached hydrogens (tertiary/aromatic N) is 2. The Balaban J connectivity index is 1.46. The fourth-order valence-corrected chi connectivity index (χ4v) is 3.62. The summed E-state index contributed by atoms with van der Waals surface area (Å²) >= 11 is 0. The lowest BCUT2D eigenvalue weighted by atomic mass is 9.89. The standard InChI is InChI=1S/C15H26N4/c1-19(9-12-5-3-2-4-6-12)10-13-7-14-15(8-16-13)18-11-17-14/h11-13,16H,2-10H2,1H3,(H,17,18). The molecule has 3 rings (SSSR count). The number of rotatable bonds is 4. The Morgan fingerprint density at radius 3 is 2.95 bits per heavy atom. The maximum absolute atomic E-state index is 4.42. The van der Waals surface area contributed by atoms with Crippen LogP contribution in [0.25, 0.3) is 0 Å². The van der Waals surface area contributed by atoms with Gasteiger partial charge in [-0.1, -0.05) is 19.3 Å². The minimum absolute atomic E-state index is 0.560. The molecule has 0 amide bonds. The summed E-state index contributed by atoms with van der Waals surface area (Å²) in [5.74, 6) is 0.934. The summed E-state index contributed by atoms with van der Waals surface area (Å²) in [4.78, 5) is 10.1. The fourth-order valence-electron chi connectivity index (χ4n) is 3.62. The van der Waals surface area contributed by atoms with E-state index in [1.807, 2.05) is 6.33 Å². The lowest BCUT2D eigenvalue weighted by molar-refractivity contribution is 0.211. The first-order valence-electron chi connectivity index (χ1n) is 7.74. The first-order chi connectivity index (χ1) is 9.31. The summed E-state index contributed by atoms with van der Waals surface area (Å²) in [6.07, 6.45) is 10.1. The molecular weight excluding hydrogens is 236 g/mol. The predicted octanol–water partition coefficient (Wildman–Crippen LogP) is 1.94. The van der Waals surface area contributed by atoms with Crippen molar-refractivity contribution in [2.75, 3.05) is 20.1 Å². The van der Waals surface area contributed by atoms with Gasteiger partial charge in [-0.05, 0) is 25.8 Å². The molecule has 1 aromatic rings. The van der Waals surface area contributed by atoms with Gasteiger partial charge in [0, 0.05) is 32.1 Å². The first kappa shape index (κ1) is 13.1. The highest BCUT2D eigenvalue weighted by molar-refractivity contribution is 5.15. The number of aromatic amines is 1. The van der Waals surface area contributed by atoms with Crippen LogP contribution < -0.4 is 5.32 Å². The fraction of sp³-hybridized carbons (Fsp3) is 0.800. The zero-order valence-electron chi connectivity index (χ0n) is 12.0. The lowest BCUT2D eigenvalue weighted by Gasteiger charge is -2.31. The van der Waals surface area contributed by atoms with Gasteiger partial charge in [-0.2, -0.15) is 0 Å². The van der Waals surface area contributed by atoms with Crippen LogP contribution in [0.4, 0.5) is 0 Å². The van der Waals surface area contributed by atoms with E-state index in [9.17, 15) is 0 Å². The summed E-state index contributed by atoms with van der Waals surface area (Å²) in [7, 11) is 2.27. The number of nitrogens with one attached hydrogen (secondary N) is 2. The molecule has 0 radical (unpaired) electrons. The van der Waals surface area contributed by atoms with Crippen LogP contribution in [0.3, 0.4) is 0 Å². The predicted molar refractivity (Wildman–Crippen MR) is 77.0 cm³/mol. The largest absolute Gasteiger partial charge is 0.347 e. The SMILES string of the molecule is CN(CC1CCCCC1)CC1Cc2nc[nH]c2CN1. The average molecular weight is 262 g/mol. The van der Waals surface area contributed by atoms with Gasteiger partial charge in [-0.3, -0.25) is 0 Å². The van der Waals surface area contributed by atoms with Crippen molar-refractivity contribution in [3.05, 3.63) is 17.7 Å².